The van der Waals surface area contributed by atoms with E-state index in [1.54, 1.807) is 49.4 Å². The van der Waals surface area contributed by atoms with Crippen LogP contribution in [-0.2, 0) is 0 Å². The molecule has 32 heavy (non-hydrogen) atoms. The number of esters is 1. The summed E-state index contributed by atoms with van der Waals surface area (Å²) in [5, 5.41) is 12.9. The van der Waals surface area contributed by atoms with Crippen molar-refractivity contribution in [3.63, 3.8) is 0 Å². The van der Waals surface area contributed by atoms with Gasteiger partial charge < -0.3 is 4.74 Å². The van der Waals surface area contributed by atoms with E-state index in [0.29, 0.717) is 11.3 Å². The second-order valence-electron chi connectivity index (χ2n) is 6.96. The molecule has 0 bridgehead atoms. The quantitative estimate of drug-likeness (QED) is 0.357. The molecule has 4 rings (SSSR count). The maximum Gasteiger partial charge on any atom is 0.368 e. The number of rotatable bonds is 4. The molecule has 3 aromatic carbocycles. The third kappa shape index (κ3) is 4.16. The number of para-hydroxylation sites is 1. The normalized spacial score (nSPS) is 10.4. The van der Waals surface area contributed by atoms with E-state index >= 15 is 0 Å². The van der Waals surface area contributed by atoms with Gasteiger partial charge in [-0.05, 0) is 54.4 Å². The van der Waals surface area contributed by atoms with Gasteiger partial charge in [0.1, 0.15) is 17.3 Å². The van der Waals surface area contributed by atoms with Crippen LogP contribution in [0.25, 0.3) is 16.8 Å². The third-order valence-corrected chi connectivity index (χ3v) is 4.79. The van der Waals surface area contributed by atoms with E-state index in [1.807, 2.05) is 12.1 Å². The molecule has 0 unspecified atom stereocenters. The van der Waals surface area contributed by atoms with E-state index in [2.05, 4.69) is 11.2 Å². The van der Waals surface area contributed by atoms with E-state index in [-0.39, 0.29) is 11.4 Å². The van der Waals surface area contributed by atoms with Crippen LogP contribution in [0.3, 0.4) is 0 Å². The van der Waals surface area contributed by atoms with Gasteiger partial charge in [-0.25, -0.2) is 13.9 Å². The van der Waals surface area contributed by atoms with Crippen molar-refractivity contribution in [3.05, 3.63) is 112 Å². The molecule has 0 aliphatic carbocycles. The molecule has 0 amide bonds. The Kier molecular flexibility index (Phi) is 5.60. The van der Waals surface area contributed by atoms with Crippen molar-refractivity contribution in [2.75, 3.05) is 0 Å². The molecular weight excluding hydrogens is 409 g/mol. The van der Waals surface area contributed by atoms with Crippen molar-refractivity contribution >= 4 is 5.97 Å². The van der Waals surface area contributed by atoms with Crippen molar-refractivity contribution in [2.45, 2.75) is 6.92 Å². The predicted octanol–water partition coefficient (Wildman–Crippen LogP) is 4.44. The number of aryl methyl sites for hydroxylation is 1. The molecular formula is C25H16FN3O3. The van der Waals surface area contributed by atoms with Crippen LogP contribution in [0.15, 0.2) is 83.7 Å². The number of aromatic nitrogens is 2. The molecule has 0 N–H and O–H groups in total. The molecule has 0 saturated heterocycles. The van der Waals surface area contributed by atoms with Gasteiger partial charge in [0.15, 0.2) is 0 Å². The lowest BCUT2D eigenvalue weighted by Gasteiger charge is -2.12. The number of halogens is 1. The first-order valence-electron chi connectivity index (χ1n) is 9.65. The van der Waals surface area contributed by atoms with Crippen molar-refractivity contribution in [2.24, 2.45) is 0 Å². The van der Waals surface area contributed by atoms with Crippen molar-refractivity contribution < 1.29 is 13.9 Å². The monoisotopic (exact) mass is 425 g/mol. The van der Waals surface area contributed by atoms with Gasteiger partial charge in [0.25, 0.3) is 0 Å². The highest BCUT2D eigenvalue weighted by atomic mass is 19.1. The average molecular weight is 425 g/mol. The summed E-state index contributed by atoms with van der Waals surface area (Å²) in [5.74, 6) is -1.25. The topological polar surface area (TPSA) is 85.0 Å². The summed E-state index contributed by atoms with van der Waals surface area (Å²) in [6.45, 7) is 1.60. The zero-order chi connectivity index (χ0) is 22.7. The minimum absolute atomic E-state index is 0.116. The largest absolute Gasteiger partial charge is 0.422 e. The lowest BCUT2D eigenvalue weighted by atomic mass is 10.0. The maximum atomic E-state index is 14.2. The molecule has 4 aromatic rings. The molecule has 7 heteroatoms. The first-order chi connectivity index (χ1) is 15.5. The zero-order valence-corrected chi connectivity index (χ0v) is 16.9. The minimum Gasteiger partial charge on any atom is -0.422 e. The lowest BCUT2D eigenvalue weighted by Crippen LogP contribution is -2.26. The molecule has 0 aliphatic rings. The molecule has 0 radical (unpaired) electrons. The summed E-state index contributed by atoms with van der Waals surface area (Å²) in [6, 6.07) is 23.0. The summed E-state index contributed by atoms with van der Waals surface area (Å²) in [7, 11) is 0. The van der Waals surface area contributed by atoms with E-state index in [9.17, 15) is 14.0 Å². The highest BCUT2D eigenvalue weighted by molar-refractivity contribution is 5.88. The standard InChI is InChI=1S/C25H16FN3O3/c1-16-14-23(30)24(28-29(16)22-5-3-2-4-21(22)26)25(31)32-20-12-10-19(11-13-20)18-8-6-17(15-27)7-9-18/h2-14H,1H3. The summed E-state index contributed by atoms with van der Waals surface area (Å²) >= 11 is 0. The van der Waals surface area contributed by atoms with Gasteiger partial charge in [0, 0.05) is 11.8 Å². The van der Waals surface area contributed by atoms with Crippen molar-refractivity contribution in [1.29, 1.82) is 5.26 Å². The molecule has 0 saturated carbocycles. The number of nitrogens with zero attached hydrogens (tertiary/aromatic N) is 3. The SMILES string of the molecule is Cc1cc(=O)c(C(=O)Oc2ccc(-c3ccc(C#N)cc3)cc2)nn1-c1ccccc1F. The van der Waals surface area contributed by atoms with Crippen molar-refractivity contribution in [3.8, 4) is 28.6 Å². The van der Waals surface area contributed by atoms with E-state index < -0.39 is 22.9 Å². The predicted molar refractivity (Wildman–Crippen MR) is 116 cm³/mol. The van der Waals surface area contributed by atoms with Gasteiger partial charge >= 0.3 is 5.97 Å². The number of benzene rings is 3. The van der Waals surface area contributed by atoms with Gasteiger partial charge in [-0.2, -0.15) is 10.4 Å². The second-order valence-corrected chi connectivity index (χ2v) is 6.96. The maximum absolute atomic E-state index is 14.2. The van der Waals surface area contributed by atoms with Crippen molar-refractivity contribution in [1.82, 2.24) is 9.78 Å². The summed E-state index contributed by atoms with van der Waals surface area (Å²) < 4.78 is 20.7. The van der Waals surface area contributed by atoms with E-state index in [1.165, 1.54) is 28.9 Å². The summed E-state index contributed by atoms with van der Waals surface area (Å²) in [4.78, 5) is 25.0. The van der Waals surface area contributed by atoms with E-state index in [0.717, 1.165) is 11.1 Å². The minimum atomic E-state index is -0.939. The van der Waals surface area contributed by atoms with E-state index in [4.69, 9.17) is 10.00 Å². The van der Waals surface area contributed by atoms with Gasteiger partial charge in [-0.15, -0.1) is 0 Å². The summed E-state index contributed by atoms with van der Waals surface area (Å²) in [6.07, 6.45) is 0. The van der Waals surface area contributed by atoms with Gasteiger partial charge in [0.05, 0.1) is 11.6 Å². The number of hydrogen-bond donors (Lipinski definition) is 0. The highest BCUT2D eigenvalue weighted by Crippen LogP contribution is 2.23. The molecule has 0 fully saturated rings. The Morgan fingerprint density at radius 3 is 2.25 bits per heavy atom. The lowest BCUT2D eigenvalue weighted by molar-refractivity contribution is 0.0725. The first-order valence-corrected chi connectivity index (χ1v) is 9.65. The van der Waals surface area contributed by atoms with Crippen LogP contribution in [0.4, 0.5) is 4.39 Å². The number of hydrogen-bond acceptors (Lipinski definition) is 5. The Morgan fingerprint density at radius 1 is 1.00 bits per heavy atom. The summed E-state index contributed by atoms with van der Waals surface area (Å²) in [5.41, 5.74) is 1.75. The average Bonchev–Trinajstić information content (AvgIpc) is 2.80. The number of nitriles is 1. The zero-order valence-electron chi connectivity index (χ0n) is 16.9. The Balaban J connectivity index is 1.59. The van der Waals surface area contributed by atoms with Crippen LogP contribution >= 0.6 is 0 Å². The van der Waals surface area contributed by atoms with Crippen LogP contribution in [0, 0.1) is 24.1 Å². The van der Waals surface area contributed by atoms with Crippen LogP contribution < -0.4 is 10.2 Å². The fraction of sp³-hybridized carbons (Fsp3) is 0.0400. The Labute approximate surface area is 182 Å². The molecule has 0 spiro atoms. The van der Waals surface area contributed by atoms with Crippen LogP contribution in [-0.4, -0.2) is 15.7 Å². The van der Waals surface area contributed by atoms with Crippen LogP contribution in [0.1, 0.15) is 21.7 Å². The molecule has 0 aliphatic heterocycles. The molecule has 6 nitrogen and oxygen atoms in total. The third-order valence-electron chi connectivity index (χ3n) is 4.79. The van der Waals surface area contributed by atoms with Gasteiger partial charge in [0.2, 0.25) is 11.1 Å². The van der Waals surface area contributed by atoms with Gasteiger partial charge in [-0.3, -0.25) is 4.79 Å². The molecule has 156 valence electrons. The number of ether oxygens (including phenoxy) is 1. The second kappa shape index (κ2) is 8.66. The Hall–Kier alpha value is -4.57. The smallest absolute Gasteiger partial charge is 0.368 e. The molecule has 0 atom stereocenters. The van der Waals surface area contributed by atoms with Crippen LogP contribution in [0.2, 0.25) is 0 Å². The fourth-order valence-electron chi connectivity index (χ4n) is 3.16. The fourth-order valence-corrected chi connectivity index (χ4v) is 3.16. The Bertz CT molecular complexity index is 1400. The first kappa shape index (κ1) is 20.7. The molecule has 1 aromatic heterocycles. The Morgan fingerprint density at radius 2 is 1.62 bits per heavy atom. The molecule has 1 heterocycles. The number of carbonyl (C=O) groups excluding carboxylic acids is 1. The van der Waals surface area contributed by atoms with Crippen LogP contribution in [0.5, 0.6) is 5.75 Å². The number of carbonyl (C=O) groups is 1. The highest BCUT2D eigenvalue weighted by Gasteiger charge is 2.18. The van der Waals surface area contributed by atoms with Gasteiger partial charge in [-0.1, -0.05) is 36.4 Å².